The molecular weight excluding hydrogens is 202 g/mol. The SMILES string of the molecule is CN(CC1CCCN1C)C(=O)CCCCN. The van der Waals surface area contributed by atoms with Crippen LogP contribution < -0.4 is 5.73 Å². The normalized spacial score (nSPS) is 21.3. The maximum atomic E-state index is 11.8. The average molecular weight is 227 g/mol. The van der Waals surface area contributed by atoms with Crippen molar-refractivity contribution in [3.63, 3.8) is 0 Å². The molecule has 1 heterocycles. The van der Waals surface area contributed by atoms with E-state index in [1.165, 1.54) is 19.4 Å². The van der Waals surface area contributed by atoms with Crippen LogP contribution in [0.25, 0.3) is 0 Å². The minimum Gasteiger partial charge on any atom is -0.344 e. The number of hydrogen-bond donors (Lipinski definition) is 1. The Labute approximate surface area is 98.8 Å². The van der Waals surface area contributed by atoms with Crippen molar-refractivity contribution in [1.29, 1.82) is 0 Å². The van der Waals surface area contributed by atoms with Crippen molar-refractivity contribution in [2.75, 3.05) is 33.7 Å². The Morgan fingerprint density at radius 1 is 1.50 bits per heavy atom. The minimum absolute atomic E-state index is 0.258. The molecule has 0 aliphatic carbocycles. The van der Waals surface area contributed by atoms with E-state index >= 15 is 0 Å². The third kappa shape index (κ3) is 4.10. The van der Waals surface area contributed by atoms with Crippen molar-refractivity contribution in [1.82, 2.24) is 9.80 Å². The van der Waals surface area contributed by atoms with Gasteiger partial charge in [0, 0.05) is 26.1 Å². The molecule has 1 fully saturated rings. The number of amides is 1. The van der Waals surface area contributed by atoms with Crippen molar-refractivity contribution in [2.24, 2.45) is 5.73 Å². The molecule has 1 rings (SSSR count). The molecule has 2 N–H and O–H groups in total. The average Bonchev–Trinajstić information content (AvgIpc) is 2.64. The number of nitrogens with zero attached hydrogens (tertiary/aromatic N) is 2. The van der Waals surface area contributed by atoms with E-state index in [1.807, 2.05) is 11.9 Å². The Balaban J connectivity index is 2.22. The highest BCUT2D eigenvalue weighted by molar-refractivity contribution is 5.75. The lowest BCUT2D eigenvalue weighted by Crippen LogP contribution is -2.39. The Hall–Kier alpha value is -0.610. The fourth-order valence-electron chi connectivity index (χ4n) is 2.24. The van der Waals surface area contributed by atoms with Crippen LogP contribution >= 0.6 is 0 Å². The lowest BCUT2D eigenvalue weighted by molar-refractivity contribution is -0.130. The van der Waals surface area contributed by atoms with Crippen molar-refractivity contribution in [2.45, 2.75) is 38.1 Å². The first kappa shape index (κ1) is 13.5. The smallest absolute Gasteiger partial charge is 0.222 e. The van der Waals surface area contributed by atoms with Gasteiger partial charge >= 0.3 is 0 Å². The van der Waals surface area contributed by atoms with Gasteiger partial charge in [-0.3, -0.25) is 4.79 Å². The Bertz CT molecular complexity index is 220. The quantitative estimate of drug-likeness (QED) is 0.678. The van der Waals surface area contributed by atoms with Crippen molar-refractivity contribution in [3.8, 4) is 0 Å². The topological polar surface area (TPSA) is 49.6 Å². The Kier molecular flexibility index (Phi) is 5.77. The predicted molar refractivity (Wildman–Crippen MR) is 66.2 cm³/mol. The molecule has 1 unspecified atom stereocenters. The standard InChI is InChI=1S/C12H25N3O/c1-14-9-5-6-11(14)10-15(2)12(16)7-3-4-8-13/h11H,3-10,13H2,1-2H3. The Morgan fingerprint density at radius 2 is 2.25 bits per heavy atom. The van der Waals surface area contributed by atoms with Gasteiger partial charge in [-0.2, -0.15) is 0 Å². The van der Waals surface area contributed by atoms with E-state index in [-0.39, 0.29) is 5.91 Å². The van der Waals surface area contributed by atoms with Crippen LogP contribution in [0.5, 0.6) is 0 Å². The third-order valence-electron chi connectivity index (χ3n) is 3.43. The molecule has 0 aromatic rings. The highest BCUT2D eigenvalue weighted by Crippen LogP contribution is 2.15. The van der Waals surface area contributed by atoms with Crippen molar-refractivity contribution >= 4 is 5.91 Å². The van der Waals surface area contributed by atoms with Crippen LogP contribution in [0.15, 0.2) is 0 Å². The van der Waals surface area contributed by atoms with Crippen molar-refractivity contribution in [3.05, 3.63) is 0 Å². The van der Waals surface area contributed by atoms with Crippen LogP contribution in [0.1, 0.15) is 32.1 Å². The number of hydrogen-bond acceptors (Lipinski definition) is 3. The third-order valence-corrected chi connectivity index (χ3v) is 3.43. The molecule has 0 radical (unpaired) electrons. The van der Waals surface area contributed by atoms with Crippen LogP contribution in [0, 0.1) is 0 Å². The number of unbranched alkanes of at least 4 members (excludes halogenated alkanes) is 1. The maximum absolute atomic E-state index is 11.8. The van der Waals surface area contributed by atoms with Gasteiger partial charge in [0.25, 0.3) is 0 Å². The highest BCUT2D eigenvalue weighted by Gasteiger charge is 2.23. The Morgan fingerprint density at radius 3 is 2.81 bits per heavy atom. The molecule has 0 saturated carbocycles. The molecule has 1 aliphatic rings. The molecule has 1 atom stereocenters. The molecule has 0 aromatic carbocycles. The first-order chi connectivity index (χ1) is 7.65. The first-order valence-electron chi connectivity index (χ1n) is 6.29. The van der Waals surface area contributed by atoms with Crippen LogP contribution in [0.3, 0.4) is 0 Å². The number of carbonyl (C=O) groups is 1. The molecule has 0 aromatic heterocycles. The summed E-state index contributed by atoms with van der Waals surface area (Å²) in [4.78, 5) is 16.0. The lowest BCUT2D eigenvalue weighted by atomic mass is 10.2. The van der Waals surface area contributed by atoms with Gasteiger partial charge < -0.3 is 15.5 Å². The molecule has 0 spiro atoms. The summed E-state index contributed by atoms with van der Waals surface area (Å²) in [5.74, 6) is 0.258. The molecule has 1 saturated heterocycles. The predicted octanol–water partition coefficient (Wildman–Crippen LogP) is 0.668. The van der Waals surface area contributed by atoms with Crippen LogP contribution in [0.4, 0.5) is 0 Å². The van der Waals surface area contributed by atoms with E-state index in [0.717, 1.165) is 19.4 Å². The van der Waals surface area contributed by atoms with E-state index in [2.05, 4.69) is 11.9 Å². The molecule has 4 heteroatoms. The van der Waals surface area contributed by atoms with Crippen molar-refractivity contribution < 1.29 is 4.79 Å². The number of likely N-dealkylation sites (N-methyl/N-ethyl adjacent to an activating group) is 2. The largest absolute Gasteiger partial charge is 0.344 e. The maximum Gasteiger partial charge on any atom is 0.222 e. The van der Waals surface area contributed by atoms with Gasteiger partial charge in [0.05, 0.1) is 0 Å². The van der Waals surface area contributed by atoms with E-state index in [4.69, 9.17) is 5.73 Å². The lowest BCUT2D eigenvalue weighted by Gasteiger charge is -2.25. The summed E-state index contributed by atoms with van der Waals surface area (Å²) in [6.45, 7) is 2.72. The molecule has 0 bridgehead atoms. The summed E-state index contributed by atoms with van der Waals surface area (Å²) in [5.41, 5.74) is 5.41. The number of likely N-dealkylation sites (tertiary alicyclic amines) is 1. The van der Waals surface area contributed by atoms with Gasteiger partial charge in [0.2, 0.25) is 5.91 Å². The fraction of sp³-hybridized carbons (Fsp3) is 0.917. The van der Waals surface area contributed by atoms with Gasteiger partial charge in [-0.25, -0.2) is 0 Å². The summed E-state index contributed by atoms with van der Waals surface area (Å²) in [6.07, 6.45) is 4.99. The number of rotatable bonds is 6. The van der Waals surface area contributed by atoms with Crippen LogP contribution in [-0.4, -0.2) is 55.5 Å². The van der Waals surface area contributed by atoms with Gasteiger partial charge in [-0.1, -0.05) is 0 Å². The molecule has 94 valence electrons. The van der Waals surface area contributed by atoms with E-state index < -0.39 is 0 Å². The summed E-state index contributed by atoms with van der Waals surface area (Å²) in [6, 6.07) is 0.559. The van der Waals surface area contributed by atoms with Gasteiger partial charge in [0.1, 0.15) is 0 Å². The molecular formula is C12H25N3O. The second-order valence-corrected chi connectivity index (χ2v) is 4.80. The van der Waals surface area contributed by atoms with Crippen LogP contribution in [0.2, 0.25) is 0 Å². The van der Waals surface area contributed by atoms with E-state index in [1.54, 1.807) is 0 Å². The fourth-order valence-corrected chi connectivity index (χ4v) is 2.24. The van der Waals surface area contributed by atoms with E-state index in [0.29, 0.717) is 19.0 Å². The second kappa shape index (κ2) is 6.86. The van der Waals surface area contributed by atoms with Gasteiger partial charge in [-0.15, -0.1) is 0 Å². The number of nitrogens with two attached hydrogens (primary N) is 1. The molecule has 1 aliphatic heterocycles. The molecule has 16 heavy (non-hydrogen) atoms. The van der Waals surface area contributed by atoms with Gasteiger partial charge in [-0.05, 0) is 45.8 Å². The summed E-state index contributed by atoms with van der Waals surface area (Å²) < 4.78 is 0. The zero-order valence-electron chi connectivity index (χ0n) is 10.6. The number of carbonyl (C=O) groups excluding carboxylic acids is 1. The second-order valence-electron chi connectivity index (χ2n) is 4.80. The zero-order chi connectivity index (χ0) is 12.0. The molecule has 1 amide bonds. The molecule has 4 nitrogen and oxygen atoms in total. The van der Waals surface area contributed by atoms with Gasteiger partial charge in [0.15, 0.2) is 0 Å². The monoisotopic (exact) mass is 227 g/mol. The summed E-state index contributed by atoms with van der Waals surface area (Å²) in [5, 5.41) is 0. The minimum atomic E-state index is 0.258. The van der Waals surface area contributed by atoms with E-state index in [9.17, 15) is 4.79 Å². The van der Waals surface area contributed by atoms with Crippen LogP contribution in [-0.2, 0) is 4.79 Å². The summed E-state index contributed by atoms with van der Waals surface area (Å²) >= 11 is 0. The highest BCUT2D eigenvalue weighted by atomic mass is 16.2. The first-order valence-corrected chi connectivity index (χ1v) is 6.29. The summed E-state index contributed by atoms with van der Waals surface area (Å²) in [7, 11) is 4.06. The zero-order valence-corrected chi connectivity index (χ0v) is 10.6.